The fourth-order valence-corrected chi connectivity index (χ4v) is 2.42. The molecule has 3 atom stereocenters. The largest absolute Gasteiger partial charge is 0.468 e. The zero-order chi connectivity index (χ0) is 12.1. The van der Waals surface area contributed by atoms with E-state index in [4.69, 9.17) is 0 Å². The van der Waals surface area contributed by atoms with Crippen LogP contribution in [0.5, 0.6) is 0 Å². The highest BCUT2D eigenvalue weighted by atomic mass is 79.9. The van der Waals surface area contributed by atoms with Crippen LogP contribution in [0.2, 0.25) is 0 Å². The van der Waals surface area contributed by atoms with Crippen LogP contribution in [0.3, 0.4) is 0 Å². The molecule has 0 spiro atoms. The first-order valence-electron chi connectivity index (χ1n) is 5.56. The summed E-state index contributed by atoms with van der Waals surface area (Å²) < 4.78 is 4.55. The van der Waals surface area contributed by atoms with Crippen molar-refractivity contribution in [2.45, 2.75) is 31.0 Å². The quantitative estimate of drug-likeness (QED) is 0.630. The lowest BCUT2D eigenvalue weighted by Gasteiger charge is -2.16. The average Bonchev–Trinajstić information content (AvgIpc) is 2.70. The number of hydrogen-bond acceptors (Lipinski definition) is 3. The molecule has 1 aliphatic rings. The molecule has 4 nitrogen and oxygen atoms in total. The SMILES string of the molecule is COC(=O)C(Br)CNC(=O)C1CCCC1C. The lowest BCUT2D eigenvalue weighted by Crippen LogP contribution is -2.38. The fraction of sp³-hybridized carbons (Fsp3) is 0.818. The van der Waals surface area contributed by atoms with Gasteiger partial charge in [-0.25, -0.2) is 0 Å². The van der Waals surface area contributed by atoms with Crippen molar-refractivity contribution in [1.29, 1.82) is 0 Å². The van der Waals surface area contributed by atoms with E-state index in [1.807, 2.05) is 0 Å². The number of carbonyl (C=O) groups is 2. The molecular weight excluding hydrogens is 274 g/mol. The smallest absolute Gasteiger partial charge is 0.321 e. The van der Waals surface area contributed by atoms with Gasteiger partial charge in [-0.15, -0.1) is 0 Å². The summed E-state index contributed by atoms with van der Waals surface area (Å²) in [6.07, 6.45) is 3.19. The molecule has 5 heteroatoms. The Hall–Kier alpha value is -0.580. The van der Waals surface area contributed by atoms with Crippen LogP contribution in [0.25, 0.3) is 0 Å². The predicted molar refractivity (Wildman–Crippen MR) is 64.2 cm³/mol. The average molecular weight is 292 g/mol. The molecule has 3 unspecified atom stereocenters. The van der Waals surface area contributed by atoms with Crippen molar-refractivity contribution in [1.82, 2.24) is 5.32 Å². The van der Waals surface area contributed by atoms with E-state index in [0.717, 1.165) is 19.3 Å². The van der Waals surface area contributed by atoms with Gasteiger partial charge in [0.2, 0.25) is 5.91 Å². The van der Waals surface area contributed by atoms with Crippen LogP contribution < -0.4 is 5.32 Å². The zero-order valence-electron chi connectivity index (χ0n) is 9.66. The van der Waals surface area contributed by atoms with E-state index >= 15 is 0 Å². The van der Waals surface area contributed by atoms with Crippen molar-refractivity contribution in [3.05, 3.63) is 0 Å². The summed E-state index contributed by atoms with van der Waals surface area (Å²) in [5.41, 5.74) is 0. The molecule has 0 aliphatic heterocycles. The summed E-state index contributed by atoms with van der Waals surface area (Å²) >= 11 is 3.17. The number of halogens is 1. The number of methoxy groups -OCH3 is 1. The fourth-order valence-electron chi connectivity index (χ4n) is 2.07. The van der Waals surface area contributed by atoms with Crippen LogP contribution >= 0.6 is 15.9 Å². The molecular formula is C11H18BrNO3. The van der Waals surface area contributed by atoms with Crippen molar-refractivity contribution in [2.24, 2.45) is 11.8 Å². The van der Waals surface area contributed by atoms with Gasteiger partial charge < -0.3 is 10.1 Å². The summed E-state index contributed by atoms with van der Waals surface area (Å²) in [6.45, 7) is 2.39. The lowest BCUT2D eigenvalue weighted by atomic mass is 9.97. The van der Waals surface area contributed by atoms with Gasteiger partial charge in [0.05, 0.1) is 7.11 Å². The van der Waals surface area contributed by atoms with Gasteiger partial charge in [-0.1, -0.05) is 29.3 Å². The Morgan fingerprint density at radius 1 is 1.50 bits per heavy atom. The van der Waals surface area contributed by atoms with Gasteiger partial charge in [-0.2, -0.15) is 0 Å². The molecule has 0 heterocycles. The summed E-state index contributed by atoms with van der Waals surface area (Å²) in [5.74, 6) is 0.252. The van der Waals surface area contributed by atoms with E-state index in [0.29, 0.717) is 5.92 Å². The monoisotopic (exact) mass is 291 g/mol. The zero-order valence-corrected chi connectivity index (χ0v) is 11.2. The maximum Gasteiger partial charge on any atom is 0.321 e. The van der Waals surface area contributed by atoms with Crippen LogP contribution in [-0.4, -0.2) is 30.4 Å². The molecule has 0 radical (unpaired) electrons. The highest BCUT2D eigenvalue weighted by Gasteiger charge is 2.30. The molecule has 16 heavy (non-hydrogen) atoms. The van der Waals surface area contributed by atoms with Crippen molar-refractivity contribution >= 4 is 27.8 Å². The predicted octanol–water partition coefficient (Wildman–Crippen LogP) is 1.48. The van der Waals surface area contributed by atoms with Gasteiger partial charge in [0.15, 0.2) is 0 Å². The molecule has 0 bridgehead atoms. The molecule has 1 fully saturated rings. The Morgan fingerprint density at radius 2 is 2.19 bits per heavy atom. The van der Waals surface area contributed by atoms with E-state index in [-0.39, 0.29) is 24.3 Å². The Labute approximate surface area is 104 Å². The second kappa shape index (κ2) is 6.23. The maximum atomic E-state index is 11.8. The van der Waals surface area contributed by atoms with E-state index in [1.54, 1.807) is 0 Å². The number of amides is 1. The summed E-state index contributed by atoms with van der Waals surface area (Å²) in [7, 11) is 1.33. The third-order valence-electron chi connectivity index (χ3n) is 3.11. The first kappa shape index (κ1) is 13.5. The first-order valence-corrected chi connectivity index (χ1v) is 6.47. The first-order chi connectivity index (χ1) is 7.56. The summed E-state index contributed by atoms with van der Waals surface area (Å²) in [5, 5.41) is 2.78. The van der Waals surface area contributed by atoms with Crippen LogP contribution in [0, 0.1) is 11.8 Å². The van der Waals surface area contributed by atoms with E-state index in [1.165, 1.54) is 7.11 Å². The van der Waals surface area contributed by atoms with Crippen LogP contribution in [0.15, 0.2) is 0 Å². The highest BCUT2D eigenvalue weighted by Crippen LogP contribution is 2.31. The number of nitrogens with one attached hydrogen (secondary N) is 1. The van der Waals surface area contributed by atoms with Crippen molar-refractivity contribution in [3.63, 3.8) is 0 Å². The Bertz CT molecular complexity index is 270. The minimum absolute atomic E-state index is 0.0540. The summed E-state index contributed by atoms with van der Waals surface area (Å²) in [4.78, 5) is 22.4. The van der Waals surface area contributed by atoms with Gasteiger partial charge in [-0.3, -0.25) is 9.59 Å². The number of ether oxygens (including phenoxy) is 1. The van der Waals surface area contributed by atoms with E-state index < -0.39 is 4.83 Å². The molecule has 92 valence electrons. The number of rotatable bonds is 4. The normalized spacial score (nSPS) is 26.2. The second-order valence-corrected chi connectivity index (χ2v) is 5.36. The van der Waals surface area contributed by atoms with E-state index in [9.17, 15) is 9.59 Å². The Balaban J connectivity index is 2.32. The standard InChI is InChI=1S/C11H18BrNO3/c1-7-4-3-5-8(7)10(14)13-6-9(12)11(15)16-2/h7-9H,3-6H2,1-2H3,(H,13,14). The lowest BCUT2D eigenvalue weighted by molar-refractivity contribution is -0.139. The van der Waals surface area contributed by atoms with Crippen molar-refractivity contribution in [2.75, 3.05) is 13.7 Å². The molecule has 1 saturated carbocycles. The number of carbonyl (C=O) groups excluding carboxylic acids is 2. The third kappa shape index (κ3) is 3.47. The van der Waals surface area contributed by atoms with Gasteiger partial charge in [0.25, 0.3) is 0 Å². The molecule has 0 saturated heterocycles. The molecule has 1 amide bonds. The number of hydrogen-bond donors (Lipinski definition) is 1. The highest BCUT2D eigenvalue weighted by molar-refractivity contribution is 9.10. The van der Waals surface area contributed by atoms with Gasteiger partial charge in [0.1, 0.15) is 4.83 Å². The molecule has 1 aliphatic carbocycles. The number of alkyl halides is 1. The Morgan fingerprint density at radius 3 is 2.69 bits per heavy atom. The third-order valence-corrected chi connectivity index (χ3v) is 3.81. The summed E-state index contributed by atoms with van der Waals surface area (Å²) in [6, 6.07) is 0. The van der Waals surface area contributed by atoms with Crippen LogP contribution in [0.1, 0.15) is 26.2 Å². The molecule has 0 aromatic heterocycles. The molecule has 1 N–H and O–H groups in total. The minimum Gasteiger partial charge on any atom is -0.468 e. The van der Waals surface area contributed by atoms with Gasteiger partial charge >= 0.3 is 5.97 Å². The molecule has 0 aromatic rings. The van der Waals surface area contributed by atoms with E-state index in [2.05, 4.69) is 32.9 Å². The topological polar surface area (TPSA) is 55.4 Å². The van der Waals surface area contributed by atoms with Gasteiger partial charge in [0, 0.05) is 12.5 Å². The molecule has 0 aromatic carbocycles. The van der Waals surface area contributed by atoms with Crippen LogP contribution in [0.4, 0.5) is 0 Å². The van der Waals surface area contributed by atoms with Crippen molar-refractivity contribution < 1.29 is 14.3 Å². The van der Waals surface area contributed by atoms with Gasteiger partial charge in [-0.05, 0) is 18.8 Å². The Kier molecular flexibility index (Phi) is 5.25. The second-order valence-electron chi connectivity index (χ2n) is 4.25. The molecule has 1 rings (SSSR count). The number of esters is 1. The minimum atomic E-state index is -0.460. The van der Waals surface area contributed by atoms with Crippen LogP contribution in [-0.2, 0) is 14.3 Å². The van der Waals surface area contributed by atoms with Crippen molar-refractivity contribution in [3.8, 4) is 0 Å². The maximum absolute atomic E-state index is 11.8.